The summed E-state index contributed by atoms with van der Waals surface area (Å²) in [5.74, 6) is 1.60. The second-order valence-corrected chi connectivity index (χ2v) is 5.39. The van der Waals surface area contributed by atoms with Crippen LogP contribution < -0.4 is 0 Å². The van der Waals surface area contributed by atoms with Crippen LogP contribution in [0.25, 0.3) is 0 Å². The van der Waals surface area contributed by atoms with Crippen LogP contribution in [0.4, 0.5) is 0 Å². The molecule has 1 aromatic carbocycles. The first-order valence-electron chi connectivity index (χ1n) is 6.91. The topological polar surface area (TPSA) is 26.3 Å². The minimum absolute atomic E-state index is 0.0373. The molecule has 1 saturated carbocycles. The van der Waals surface area contributed by atoms with E-state index in [9.17, 15) is 4.79 Å². The summed E-state index contributed by atoms with van der Waals surface area (Å²) in [5.41, 5.74) is 1.05. The van der Waals surface area contributed by atoms with Gasteiger partial charge in [-0.05, 0) is 30.2 Å². The van der Waals surface area contributed by atoms with Gasteiger partial charge in [0.1, 0.15) is 6.61 Å². The Labute approximate surface area is 109 Å². The number of carbonyl (C=O) groups is 1. The second-order valence-electron chi connectivity index (χ2n) is 5.39. The maximum Gasteiger partial charge on any atom is 0.308 e. The van der Waals surface area contributed by atoms with Crippen molar-refractivity contribution in [3.05, 3.63) is 35.9 Å². The largest absolute Gasteiger partial charge is 0.461 e. The van der Waals surface area contributed by atoms with Crippen molar-refractivity contribution in [2.75, 3.05) is 0 Å². The molecule has 1 fully saturated rings. The van der Waals surface area contributed by atoms with Crippen LogP contribution >= 0.6 is 0 Å². The molecule has 0 aromatic heterocycles. The molecule has 1 aliphatic carbocycles. The van der Waals surface area contributed by atoms with Crippen LogP contribution in [0.15, 0.2) is 30.3 Å². The Morgan fingerprint density at radius 1 is 1.33 bits per heavy atom. The number of hydrogen-bond donors (Lipinski definition) is 0. The molecule has 0 amide bonds. The highest BCUT2D eigenvalue weighted by atomic mass is 16.5. The summed E-state index contributed by atoms with van der Waals surface area (Å²) in [7, 11) is 0. The lowest BCUT2D eigenvalue weighted by atomic mass is 10.0. The molecular formula is C16H22O2. The van der Waals surface area contributed by atoms with Crippen molar-refractivity contribution in [2.24, 2.45) is 17.8 Å². The van der Waals surface area contributed by atoms with Gasteiger partial charge in [-0.15, -0.1) is 0 Å². The zero-order valence-electron chi connectivity index (χ0n) is 11.3. The molecule has 3 atom stereocenters. The molecule has 0 bridgehead atoms. The molecule has 0 spiro atoms. The van der Waals surface area contributed by atoms with Crippen LogP contribution in [-0.4, -0.2) is 5.97 Å². The lowest BCUT2D eigenvalue weighted by Crippen LogP contribution is -2.15. The number of carbonyl (C=O) groups excluding carboxylic acids is 1. The van der Waals surface area contributed by atoms with Crippen LogP contribution in [0.2, 0.25) is 0 Å². The van der Waals surface area contributed by atoms with Crippen LogP contribution in [0.1, 0.15) is 38.7 Å². The quantitative estimate of drug-likeness (QED) is 0.714. The third-order valence-corrected chi connectivity index (χ3v) is 3.88. The minimum Gasteiger partial charge on any atom is -0.461 e. The van der Waals surface area contributed by atoms with Gasteiger partial charge < -0.3 is 4.74 Å². The molecular weight excluding hydrogens is 224 g/mol. The smallest absolute Gasteiger partial charge is 0.308 e. The third-order valence-electron chi connectivity index (χ3n) is 3.88. The highest BCUT2D eigenvalue weighted by Gasteiger charge is 2.37. The fourth-order valence-corrected chi connectivity index (χ4v) is 2.52. The van der Waals surface area contributed by atoms with Crippen molar-refractivity contribution in [3.8, 4) is 0 Å². The molecule has 0 saturated heterocycles. The zero-order valence-corrected chi connectivity index (χ0v) is 11.3. The first-order valence-corrected chi connectivity index (χ1v) is 6.91. The van der Waals surface area contributed by atoms with Crippen LogP contribution in [0.3, 0.4) is 0 Å². The average Bonchev–Trinajstić information content (AvgIpc) is 3.15. The van der Waals surface area contributed by atoms with E-state index in [0.29, 0.717) is 6.61 Å². The van der Waals surface area contributed by atoms with E-state index in [1.807, 2.05) is 37.3 Å². The second kappa shape index (κ2) is 6.03. The molecule has 1 aromatic rings. The molecule has 0 heterocycles. The van der Waals surface area contributed by atoms with E-state index in [-0.39, 0.29) is 11.9 Å². The molecule has 1 aliphatic rings. The van der Waals surface area contributed by atoms with Crippen molar-refractivity contribution in [1.29, 1.82) is 0 Å². The zero-order chi connectivity index (χ0) is 13.0. The average molecular weight is 246 g/mol. The Balaban J connectivity index is 1.71. The van der Waals surface area contributed by atoms with Crippen LogP contribution in [0.5, 0.6) is 0 Å². The monoisotopic (exact) mass is 246 g/mol. The maximum atomic E-state index is 11.9. The molecule has 2 heteroatoms. The SMILES string of the molecule is CCC1CC1CC(C)C(=O)OCc1ccccc1. The summed E-state index contributed by atoms with van der Waals surface area (Å²) in [6, 6.07) is 9.84. The van der Waals surface area contributed by atoms with Gasteiger partial charge in [0.25, 0.3) is 0 Å². The summed E-state index contributed by atoms with van der Waals surface area (Å²) in [5, 5.41) is 0. The highest BCUT2D eigenvalue weighted by molar-refractivity contribution is 5.72. The molecule has 18 heavy (non-hydrogen) atoms. The van der Waals surface area contributed by atoms with Gasteiger partial charge in [-0.3, -0.25) is 4.79 Å². The van der Waals surface area contributed by atoms with E-state index in [1.165, 1.54) is 12.8 Å². The number of benzene rings is 1. The first kappa shape index (κ1) is 13.1. The number of ether oxygens (including phenoxy) is 1. The Kier molecular flexibility index (Phi) is 4.40. The minimum atomic E-state index is -0.0550. The van der Waals surface area contributed by atoms with Gasteiger partial charge in [0.2, 0.25) is 0 Å². The standard InChI is InChI=1S/C16H22O2/c1-3-14-10-15(14)9-12(2)16(17)18-11-13-7-5-4-6-8-13/h4-8,12,14-15H,3,9-11H2,1-2H3. The molecule has 0 radical (unpaired) electrons. The number of hydrogen-bond acceptors (Lipinski definition) is 2. The summed E-state index contributed by atoms with van der Waals surface area (Å²) >= 11 is 0. The number of rotatable bonds is 6. The summed E-state index contributed by atoms with van der Waals surface area (Å²) in [4.78, 5) is 11.9. The van der Waals surface area contributed by atoms with Gasteiger partial charge >= 0.3 is 5.97 Å². The van der Waals surface area contributed by atoms with Crippen molar-refractivity contribution >= 4 is 5.97 Å². The Bertz CT molecular complexity index is 385. The number of esters is 1. The maximum absolute atomic E-state index is 11.9. The van der Waals surface area contributed by atoms with E-state index in [4.69, 9.17) is 4.74 Å². The third kappa shape index (κ3) is 3.59. The van der Waals surface area contributed by atoms with E-state index in [2.05, 4.69) is 6.92 Å². The van der Waals surface area contributed by atoms with Gasteiger partial charge in [0.05, 0.1) is 5.92 Å². The lowest BCUT2D eigenvalue weighted by Gasteiger charge is -2.11. The van der Waals surface area contributed by atoms with E-state index in [1.54, 1.807) is 0 Å². The van der Waals surface area contributed by atoms with Crippen molar-refractivity contribution in [2.45, 2.75) is 39.7 Å². The van der Waals surface area contributed by atoms with Gasteiger partial charge in [-0.1, -0.05) is 50.6 Å². The molecule has 0 aliphatic heterocycles. The predicted octanol–water partition coefficient (Wildman–Crippen LogP) is 3.80. The van der Waals surface area contributed by atoms with Crippen LogP contribution in [0, 0.1) is 17.8 Å². The molecule has 0 N–H and O–H groups in total. The summed E-state index contributed by atoms with van der Waals surface area (Å²) < 4.78 is 5.35. The Morgan fingerprint density at radius 3 is 2.67 bits per heavy atom. The van der Waals surface area contributed by atoms with E-state index >= 15 is 0 Å². The lowest BCUT2D eigenvalue weighted by molar-refractivity contribution is -0.149. The molecule has 3 unspecified atom stereocenters. The van der Waals surface area contributed by atoms with Gasteiger partial charge in [0, 0.05) is 0 Å². The summed E-state index contributed by atoms with van der Waals surface area (Å²) in [6.07, 6.45) is 3.54. The van der Waals surface area contributed by atoms with E-state index in [0.717, 1.165) is 23.8 Å². The Morgan fingerprint density at radius 2 is 2.06 bits per heavy atom. The highest BCUT2D eigenvalue weighted by Crippen LogP contribution is 2.45. The predicted molar refractivity (Wildman–Crippen MR) is 71.9 cm³/mol. The molecule has 2 rings (SSSR count). The fraction of sp³-hybridized carbons (Fsp3) is 0.562. The van der Waals surface area contributed by atoms with Crippen LogP contribution in [-0.2, 0) is 16.1 Å². The molecule has 98 valence electrons. The van der Waals surface area contributed by atoms with Crippen molar-refractivity contribution in [3.63, 3.8) is 0 Å². The fourth-order valence-electron chi connectivity index (χ4n) is 2.52. The van der Waals surface area contributed by atoms with Gasteiger partial charge in [-0.2, -0.15) is 0 Å². The van der Waals surface area contributed by atoms with E-state index < -0.39 is 0 Å². The van der Waals surface area contributed by atoms with Crippen molar-refractivity contribution < 1.29 is 9.53 Å². The Hall–Kier alpha value is -1.31. The normalized spacial score (nSPS) is 23.4. The van der Waals surface area contributed by atoms with Crippen molar-refractivity contribution in [1.82, 2.24) is 0 Å². The summed E-state index contributed by atoms with van der Waals surface area (Å²) in [6.45, 7) is 4.60. The first-order chi connectivity index (χ1) is 8.70. The van der Waals surface area contributed by atoms with Gasteiger partial charge in [0.15, 0.2) is 0 Å². The van der Waals surface area contributed by atoms with Gasteiger partial charge in [-0.25, -0.2) is 0 Å². The molecule has 2 nitrogen and oxygen atoms in total.